The summed E-state index contributed by atoms with van der Waals surface area (Å²) in [6.45, 7) is 2.59. The highest BCUT2D eigenvalue weighted by atomic mass is 16.4. The number of hydrogen-bond acceptors (Lipinski definition) is 4. The van der Waals surface area contributed by atoms with Gasteiger partial charge in [0, 0.05) is 37.2 Å². The highest BCUT2D eigenvalue weighted by Crippen LogP contribution is 2.26. The maximum Gasteiger partial charge on any atom is 0.412 e. The van der Waals surface area contributed by atoms with Crippen molar-refractivity contribution < 1.29 is 14.7 Å². The maximum absolute atomic E-state index is 12.3. The Bertz CT molecular complexity index is 1270. The zero-order valence-corrected chi connectivity index (χ0v) is 18.3. The van der Waals surface area contributed by atoms with Crippen molar-refractivity contribution in [3.63, 3.8) is 0 Å². The summed E-state index contributed by atoms with van der Waals surface area (Å²) in [6, 6.07) is 17.1. The van der Waals surface area contributed by atoms with Crippen molar-refractivity contribution in [2.45, 2.75) is 12.8 Å². The lowest BCUT2D eigenvalue weighted by Crippen LogP contribution is -2.31. The Morgan fingerprint density at radius 1 is 1.09 bits per heavy atom. The van der Waals surface area contributed by atoms with Gasteiger partial charge >= 0.3 is 12.1 Å². The highest BCUT2D eigenvalue weighted by Gasteiger charge is 2.17. The third kappa shape index (κ3) is 4.77. The molecule has 0 saturated heterocycles. The molecule has 3 amide bonds. The molecule has 9 heteroatoms. The summed E-state index contributed by atoms with van der Waals surface area (Å²) >= 11 is 0. The number of hydrogen-bond donors (Lipinski definition) is 3. The van der Waals surface area contributed by atoms with Crippen LogP contribution in [-0.2, 0) is 0 Å². The summed E-state index contributed by atoms with van der Waals surface area (Å²) in [5.41, 5.74) is 3.90. The summed E-state index contributed by atoms with van der Waals surface area (Å²) in [6.07, 6.45) is 3.80. The van der Waals surface area contributed by atoms with Gasteiger partial charge in [0.05, 0.1) is 11.9 Å². The Morgan fingerprint density at radius 2 is 1.82 bits per heavy atom. The summed E-state index contributed by atoms with van der Waals surface area (Å²) < 4.78 is 1.78. The molecular formula is C24H24N6O3. The van der Waals surface area contributed by atoms with E-state index < -0.39 is 6.09 Å². The number of imidazole rings is 1. The van der Waals surface area contributed by atoms with Gasteiger partial charge in [-0.25, -0.2) is 19.6 Å². The molecule has 1 atom stereocenters. The molecule has 9 nitrogen and oxygen atoms in total. The number of urea groups is 1. The molecule has 0 fully saturated rings. The third-order valence-corrected chi connectivity index (χ3v) is 5.39. The van der Waals surface area contributed by atoms with E-state index in [9.17, 15) is 14.7 Å². The first-order chi connectivity index (χ1) is 15.9. The van der Waals surface area contributed by atoms with Crippen molar-refractivity contribution in [3.8, 4) is 11.3 Å². The number of carbonyl (C=O) groups excluding carboxylic acids is 1. The monoisotopic (exact) mass is 444 g/mol. The standard InChI is InChI=1S/C24H24N6O3/c1-16(17-6-4-3-5-7-17)14-27-23(31)28-19-10-8-18(9-11-19)20-15-26-22-21(29(2)24(32)33)25-12-13-30(20)22/h3-13,15-16H,14H2,1-2H3,(H,32,33)(H2,27,28,31). The van der Waals surface area contributed by atoms with Crippen LogP contribution in [-0.4, -0.2) is 45.2 Å². The number of fused-ring (bicyclic) bond motifs is 1. The lowest BCUT2D eigenvalue weighted by atomic mass is 10.0. The molecule has 0 radical (unpaired) electrons. The molecule has 0 aliphatic carbocycles. The predicted octanol–water partition coefficient (Wildman–Crippen LogP) is 4.44. The summed E-state index contributed by atoms with van der Waals surface area (Å²) in [4.78, 5) is 33.1. The van der Waals surface area contributed by atoms with Crippen molar-refractivity contribution in [2.75, 3.05) is 23.8 Å². The van der Waals surface area contributed by atoms with Gasteiger partial charge in [-0.05, 0) is 23.6 Å². The molecule has 2 heterocycles. The number of nitrogens with one attached hydrogen (secondary N) is 2. The first-order valence-corrected chi connectivity index (χ1v) is 10.4. The average molecular weight is 444 g/mol. The number of carboxylic acid groups (broad SMARTS) is 1. The van der Waals surface area contributed by atoms with Crippen molar-refractivity contribution in [1.82, 2.24) is 19.7 Å². The predicted molar refractivity (Wildman–Crippen MR) is 127 cm³/mol. The summed E-state index contributed by atoms with van der Waals surface area (Å²) in [5, 5.41) is 15.0. The molecule has 0 saturated carbocycles. The van der Waals surface area contributed by atoms with Crippen molar-refractivity contribution in [2.24, 2.45) is 0 Å². The van der Waals surface area contributed by atoms with Gasteiger partial charge in [-0.15, -0.1) is 0 Å². The Hall–Kier alpha value is -4.40. The van der Waals surface area contributed by atoms with E-state index in [0.717, 1.165) is 16.2 Å². The second-order valence-electron chi connectivity index (χ2n) is 7.65. The number of nitrogens with zero attached hydrogens (tertiary/aromatic N) is 4. The van der Waals surface area contributed by atoms with Gasteiger partial charge in [0.15, 0.2) is 11.5 Å². The molecule has 0 aliphatic rings. The fraction of sp³-hybridized carbons (Fsp3) is 0.167. The number of benzene rings is 2. The van der Waals surface area contributed by atoms with E-state index >= 15 is 0 Å². The Morgan fingerprint density at radius 3 is 2.52 bits per heavy atom. The largest absolute Gasteiger partial charge is 0.465 e. The van der Waals surface area contributed by atoms with E-state index in [1.807, 2.05) is 42.5 Å². The number of carbonyl (C=O) groups is 2. The molecule has 168 valence electrons. The van der Waals surface area contributed by atoms with Gasteiger partial charge in [-0.3, -0.25) is 9.30 Å². The Kier molecular flexibility index (Phi) is 6.21. The molecule has 33 heavy (non-hydrogen) atoms. The van der Waals surface area contributed by atoms with Crippen LogP contribution in [0.25, 0.3) is 16.9 Å². The van der Waals surface area contributed by atoms with E-state index in [1.165, 1.54) is 18.8 Å². The van der Waals surface area contributed by atoms with E-state index in [1.54, 1.807) is 28.9 Å². The Labute approximate surface area is 190 Å². The molecule has 2 aromatic carbocycles. The topological polar surface area (TPSA) is 112 Å². The molecule has 0 spiro atoms. The number of anilines is 2. The minimum Gasteiger partial charge on any atom is -0.465 e. The van der Waals surface area contributed by atoms with Gasteiger partial charge in [-0.1, -0.05) is 49.4 Å². The Balaban J connectivity index is 1.43. The van der Waals surface area contributed by atoms with E-state index in [0.29, 0.717) is 17.9 Å². The van der Waals surface area contributed by atoms with Crippen molar-refractivity contribution in [1.29, 1.82) is 0 Å². The summed E-state index contributed by atoms with van der Waals surface area (Å²) in [5.74, 6) is 0.449. The van der Waals surface area contributed by atoms with Crippen LogP contribution in [0.4, 0.5) is 21.1 Å². The van der Waals surface area contributed by atoms with Crippen LogP contribution in [0, 0.1) is 0 Å². The second kappa shape index (κ2) is 9.39. The SMILES string of the molecule is CC(CNC(=O)Nc1ccc(-c2cnc3c(N(C)C(=O)O)nccn23)cc1)c1ccccc1. The van der Waals surface area contributed by atoms with Crippen LogP contribution < -0.4 is 15.5 Å². The lowest BCUT2D eigenvalue weighted by Gasteiger charge is -2.14. The van der Waals surface area contributed by atoms with Crippen molar-refractivity contribution >= 4 is 29.3 Å². The zero-order chi connectivity index (χ0) is 23.4. The van der Waals surface area contributed by atoms with Gasteiger partial charge in [-0.2, -0.15) is 0 Å². The fourth-order valence-corrected chi connectivity index (χ4v) is 3.49. The van der Waals surface area contributed by atoms with Crippen LogP contribution in [0.1, 0.15) is 18.4 Å². The zero-order valence-electron chi connectivity index (χ0n) is 18.3. The van der Waals surface area contributed by atoms with Crippen LogP contribution in [0.15, 0.2) is 73.2 Å². The molecule has 0 bridgehead atoms. The quantitative estimate of drug-likeness (QED) is 0.407. The van der Waals surface area contributed by atoms with Crippen LogP contribution in [0.5, 0.6) is 0 Å². The first-order valence-electron chi connectivity index (χ1n) is 10.4. The van der Waals surface area contributed by atoms with Gasteiger partial charge in [0.25, 0.3) is 0 Å². The molecule has 4 aromatic rings. The smallest absolute Gasteiger partial charge is 0.412 e. The first kappa shape index (κ1) is 21.8. The van der Waals surface area contributed by atoms with Crippen LogP contribution in [0.3, 0.4) is 0 Å². The van der Waals surface area contributed by atoms with Crippen LogP contribution in [0.2, 0.25) is 0 Å². The fourth-order valence-electron chi connectivity index (χ4n) is 3.49. The molecule has 1 unspecified atom stereocenters. The number of aromatic nitrogens is 3. The molecule has 3 N–H and O–H groups in total. The molecule has 2 aromatic heterocycles. The normalized spacial score (nSPS) is 11.7. The van der Waals surface area contributed by atoms with E-state index in [2.05, 4.69) is 27.5 Å². The average Bonchev–Trinajstić information content (AvgIpc) is 3.27. The van der Waals surface area contributed by atoms with Crippen molar-refractivity contribution in [3.05, 3.63) is 78.8 Å². The van der Waals surface area contributed by atoms with Crippen LogP contribution >= 0.6 is 0 Å². The molecule has 4 rings (SSSR count). The maximum atomic E-state index is 12.3. The summed E-state index contributed by atoms with van der Waals surface area (Å²) in [7, 11) is 1.42. The number of rotatable bonds is 6. The van der Waals surface area contributed by atoms with E-state index in [4.69, 9.17) is 0 Å². The molecule has 0 aliphatic heterocycles. The highest BCUT2D eigenvalue weighted by molar-refractivity contribution is 5.90. The molecular weight excluding hydrogens is 420 g/mol. The second-order valence-corrected chi connectivity index (χ2v) is 7.65. The minimum absolute atomic E-state index is 0.203. The van der Waals surface area contributed by atoms with E-state index in [-0.39, 0.29) is 17.8 Å². The van der Waals surface area contributed by atoms with Gasteiger partial charge in [0.2, 0.25) is 0 Å². The number of amides is 3. The van der Waals surface area contributed by atoms with Gasteiger partial charge < -0.3 is 15.7 Å². The third-order valence-electron chi connectivity index (χ3n) is 5.39. The van der Waals surface area contributed by atoms with Gasteiger partial charge in [0.1, 0.15) is 0 Å². The minimum atomic E-state index is -1.12. The lowest BCUT2D eigenvalue weighted by molar-refractivity contribution is 0.203.